The number of carbonyl (C=O) groups is 2. The van der Waals surface area contributed by atoms with Crippen molar-refractivity contribution in [3.05, 3.63) is 118 Å². The predicted molar refractivity (Wildman–Crippen MR) is 151 cm³/mol. The highest BCUT2D eigenvalue weighted by atomic mass is 32.2. The first-order valence-corrected chi connectivity index (χ1v) is 12.7. The normalized spacial score (nSPS) is 11.2. The molecule has 0 saturated heterocycles. The van der Waals surface area contributed by atoms with E-state index in [1.807, 2.05) is 36.4 Å². The van der Waals surface area contributed by atoms with Gasteiger partial charge >= 0.3 is 0 Å². The largest absolute Gasteiger partial charge is 0.497 e. The van der Waals surface area contributed by atoms with Crippen molar-refractivity contribution in [2.45, 2.75) is 10.1 Å². The number of ether oxygens (including phenoxy) is 2. The third-order valence-electron chi connectivity index (χ3n) is 5.69. The average Bonchev–Trinajstić information content (AvgIpc) is 2.96. The van der Waals surface area contributed by atoms with Crippen LogP contribution in [0.3, 0.4) is 0 Å². The van der Waals surface area contributed by atoms with Crippen molar-refractivity contribution in [3.8, 4) is 11.5 Å². The van der Waals surface area contributed by atoms with Gasteiger partial charge in [-0.3, -0.25) is 19.7 Å². The van der Waals surface area contributed by atoms with Gasteiger partial charge in [0.05, 0.1) is 24.8 Å². The number of nitro groups is 1. The van der Waals surface area contributed by atoms with E-state index in [0.717, 1.165) is 10.5 Å². The number of benzene rings is 4. The van der Waals surface area contributed by atoms with Gasteiger partial charge in [-0.1, -0.05) is 36.4 Å². The highest BCUT2D eigenvalue weighted by Crippen LogP contribution is 2.38. The van der Waals surface area contributed by atoms with Gasteiger partial charge in [-0.05, 0) is 48.0 Å². The summed E-state index contributed by atoms with van der Waals surface area (Å²) in [6, 6.07) is 27.0. The molecule has 1 atom stereocenters. The first kappa shape index (κ1) is 27.2. The van der Waals surface area contributed by atoms with Gasteiger partial charge in [0.1, 0.15) is 16.7 Å². The van der Waals surface area contributed by atoms with E-state index in [4.69, 9.17) is 9.47 Å². The van der Waals surface area contributed by atoms with Crippen molar-refractivity contribution in [3.63, 3.8) is 0 Å². The zero-order chi connectivity index (χ0) is 27.8. The van der Waals surface area contributed by atoms with Gasteiger partial charge in [0.25, 0.3) is 11.6 Å². The Morgan fingerprint density at radius 3 is 2.26 bits per heavy atom. The van der Waals surface area contributed by atoms with Gasteiger partial charge in [0.2, 0.25) is 5.91 Å². The summed E-state index contributed by atoms with van der Waals surface area (Å²) in [4.78, 5) is 37.4. The second-order valence-corrected chi connectivity index (χ2v) is 9.43. The van der Waals surface area contributed by atoms with Gasteiger partial charge in [0.15, 0.2) is 0 Å². The smallest absolute Gasteiger partial charge is 0.269 e. The minimum atomic E-state index is -0.622. The van der Waals surface area contributed by atoms with Crippen LogP contribution in [0.1, 0.15) is 21.2 Å². The third kappa shape index (κ3) is 6.93. The average molecular weight is 544 g/mol. The lowest BCUT2D eigenvalue weighted by Crippen LogP contribution is -2.19. The van der Waals surface area contributed by atoms with Crippen molar-refractivity contribution < 1.29 is 24.0 Å². The van der Waals surface area contributed by atoms with Crippen LogP contribution in [0.2, 0.25) is 0 Å². The van der Waals surface area contributed by atoms with Gasteiger partial charge in [0, 0.05) is 34.3 Å². The molecule has 0 aromatic heterocycles. The fourth-order valence-corrected chi connectivity index (χ4v) is 4.82. The van der Waals surface area contributed by atoms with Gasteiger partial charge in [-0.25, -0.2) is 0 Å². The van der Waals surface area contributed by atoms with Crippen LogP contribution in [0.5, 0.6) is 11.5 Å². The SMILES string of the molecule is COc1ccc(OC)c(NC(=O)C(Sc2cccc(NC(=O)c3ccc([N+](=O)[O-])cc3)c2)c2ccccc2)c1. The number of anilines is 2. The predicted octanol–water partition coefficient (Wildman–Crippen LogP) is 6.34. The number of hydrogen-bond donors (Lipinski definition) is 2. The first-order valence-electron chi connectivity index (χ1n) is 11.8. The molecule has 0 heterocycles. The van der Waals surface area contributed by atoms with Crippen LogP contribution < -0.4 is 20.1 Å². The molecule has 1 unspecified atom stereocenters. The minimum absolute atomic E-state index is 0.0956. The number of hydrogen-bond acceptors (Lipinski definition) is 7. The van der Waals surface area contributed by atoms with E-state index < -0.39 is 16.1 Å². The summed E-state index contributed by atoms with van der Waals surface area (Å²) < 4.78 is 10.7. The second-order valence-electron chi connectivity index (χ2n) is 8.25. The zero-order valence-corrected chi connectivity index (χ0v) is 21.9. The van der Waals surface area contributed by atoms with Gasteiger partial charge in [-0.2, -0.15) is 0 Å². The van der Waals surface area contributed by atoms with E-state index in [9.17, 15) is 19.7 Å². The summed E-state index contributed by atoms with van der Waals surface area (Å²) >= 11 is 1.32. The van der Waals surface area contributed by atoms with E-state index in [-0.39, 0.29) is 17.2 Å². The Bertz CT molecular complexity index is 1480. The summed E-state index contributed by atoms with van der Waals surface area (Å²) in [6.07, 6.45) is 0. The summed E-state index contributed by atoms with van der Waals surface area (Å²) in [6.45, 7) is 0. The third-order valence-corrected chi connectivity index (χ3v) is 6.94. The topological polar surface area (TPSA) is 120 Å². The molecule has 0 bridgehead atoms. The van der Waals surface area contributed by atoms with Crippen LogP contribution in [0.4, 0.5) is 17.1 Å². The molecule has 2 amide bonds. The molecule has 0 aliphatic rings. The summed E-state index contributed by atoms with van der Waals surface area (Å²) in [5, 5.41) is 16.0. The molecule has 4 aromatic carbocycles. The lowest BCUT2D eigenvalue weighted by atomic mass is 10.1. The molecule has 0 radical (unpaired) electrons. The van der Waals surface area contributed by atoms with E-state index >= 15 is 0 Å². The van der Waals surface area contributed by atoms with E-state index in [1.54, 1.807) is 43.5 Å². The van der Waals surface area contributed by atoms with Gasteiger partial charge < -0.3 is 20.1 Å². The van der Waals surface area contributed by atoms with Crippen LogP contribution in [0.15, 0.2) is 102 Å². The highest BCUT2D eigenvalue weighted by Gasteiger charge is 2.24. The Kier molecular flexibility index (Phi) is 8.80. The van der Waals surface area contributed by atoms with Crippen molar-refractivity contribution >= 4 is 40.6 Å². The number of amides is 2. The molecule has 0 saturated carbocycles. The maximum Gasteiger partial charge on any atom is 0.269 e. The Labute approximate surface area is 229 Å². The minimum Gasteiger partial charge on any atom is -0.497 e. The molecular weight excluding hydrogens is 518 g/mol. The molecule has 39 heavy (non-hydrogen) atoms. The lowest BCUT2D eigenvalue weighted by molar-refractivity contribution is -0.384. The second kappa shape index (κ2) is 12.6. The number of nitrogens with zero attached hydrogens (tertiary/aromatic N) is 1. The van der Waals surface area contributed by atoms with Crippen molar-refractivity contribution in [1.82, 2.24) is 0 Å². The van der Waals surface area contributed by atoms with E-state index in [0.29, 0.717) is 22.9 Å². The molecule has 0 fully saturated rings. The fourth-order valence-electron chi connectivity index (χ4n) is 3.73. The van der Waals surface area contributed by atoms with Crippen molar-refractivity contribution in [2.24, 2.45) is 0 Å². The molecule has 10 heteroatoms. The Morgan fingerprint density at radius 2 is 1.59 bits per heavy atom. The number of nitro benzene ring substituents is 1. The number of non-ortho nitro benzene ring substituents is 1. The molecule has 0 aliphatic carbocycles. The standard InChI is InChI=1S/C29H25N3O6S/c1-37-23-15-16-26(38-2)25(18-23)31-29(34)27(19-7-4-3-5-8-19)39-24-10-6-9-21(17-24)30-28(33)20-11-13-22(14-12-20)32(35)36/h3-18,27H,1-2H3,(H,30,33)(H,31,34). The fraction of sp³-hybridized carbons (Fsp3) is 0.103. The van der Waals surface area contributed by atoms with Crippen LogP contribution in [-0.4, -0.2) is 31.0 Å². The first-order chi connectivity index (χ1) is 18.9. The lowest BCUT2D eigenvalue weighted by Gasteiger charge is -2.19. The monoisotopic (exact) mass is 543 g/mol. The molecule has 4 rings (SSSR count). The van der Waals surface area contributed by atoms with Crippen molar-refractivity contribution in [1.29, 1.82) is 0 Å². The van der Waals surface area contributed by atoms with Crippen LogP contribution in [0, 0.1) is 10.1 Å². The molecule has 0 aliphatic heterocycles. The maximum absolute atomic E-state index is 13.6. The Hall–Kier alpha value is -4.83. The summed E-state index contributed by atoms with van der Waals surface area (Å²) in [5.41, 5.74) is 1.98. The molecule has 198 valence electrons. The molecule has 9 nitrogen and oxygen atoms in total. The van der Waals surface area contributed by atoms with Crippen LogP contribution >= 0.6 is 11.8 Å². The Morgan fingerprint density at radius 1 is 0.846 bits per heavy atom. The summed E-state index contributed by atoms with van der Waals surface area (Å²) in [7, 11) is 3.07. The molecule has 4 aromatic rings. The molecule has 2 N–H and O–H groups in total. The Balaban J connectivity index is 1.55. The molecular formula is C29H25N3O6S. The zero-order valence-electron chi connectivity index (χ0n) is 21.1. The highest BCUT2D eigenvalue weighted by molar-refractivity contribution is 8.00. The number of rotatable bonds is 10. The van der Waals surface area contributed by atoms with Crippen LogP contribution in [0.25, 0.3) is 0 Å². The molecule has 0 spiro atoms. The van der Waals surface area contributed by atoms with Crippen molar-refractivity contribution in [2.75, 3.05) is 24.9 Å². The number of nitrogens with one attached hydrogen (secondary N) is 2. The van der Waals surface area contributed by atoms with Gasteiger partial charge in [-0.15, -0.1) is 11.8 Å². The quantitative estimate of drug-likeness (QED) is 0.136. The number of thioether (sulfide) groups is 1. The maximum atomic E-state index is 13.6. The van der Waals surface area contributed by atoms with Crippen LogP contribution in [-0.2, 0) is 4.79 Å². The number of methoxy groups -OCH3 is 2. The van der Waals surface area contributed by atoms with E-state index in [1.165, 1.54) is 43.1 Å². The summed E-state index contributed by atoms with van der Waals surface area (Å²) in [5.74, 6) is 0.399. The number of carbonyl (C=O) groups excluding carboxylic acids is 2. The van der Waals surface area contributed by atoms with E-state index in [2.05, 4.69) is 10.6 Å².